The summed E-state index contributed by atoms with van der Waals surface area (Å²) in [4.78, 5) is 11.2. The molecule has 1 aliphatic carbocycles. The van der Waals surface area contributed by atoms with Crippen LogP contribution < -0.4 is 0 Å². The minimum atomic E-state index is 0.0553. The Hall–Kier alpha value is -0.313. The predicted octanol–water partition coefficient (Wildman–Crippen LogP) is 0.433. The lowest BCUT2D eigenvalue weighted by Gasteiger charge is -2.19. The van der Waals surface area contributed by atoms with E-state index in [1.54, 1.807) is 0 Å². The molecule has 0 aromatic carbocycles. The fourth-order valence-corrected chi connectivity index (χ4v) is 1.88. The van der Waals surface area contributed by atoms with Gasteiger partial charge < -0.3 is 4.74 Å². The Bertz CT molecular complexity index is 130. The predicted molar refractivity (Wildman–Crippen MR) is 47.5 cm³/mol. The second kappa shape index (κ2) is 4.54. The molecular formula is C8H16O2Si. The van der Waals surface area contributed by atoms with E-state index in [4.69, 9.17) is 4.74 Å². The van der Waals surface area contributed by atoms with Gasteiger partial charge in [0.25, 0.3) is 0 Å². The molecule has 0 aliphatic heterocycles. The summed E-state index contributed by atoms with van der Waals surface area (Å²) < 4.78 is 5.00. The molecule has 0 radical (unpaired) electrons. The molecule has 0 heterocycles. The number of carbonyl (C=O) groups is 1. The third-order valence-electron chi connectivity index (χ3n) is 2.23. The largest absolute Gasteiger partial charge is 0.470 e. The van der Waals surface area contributed by atoms with Gasteiger partial charge in [0.2, 0.25) is 0 Å². The van der Waals surface area contributed by atoms with Gasteiger partial charge in [-0.3, -0.25) is 4.79 Å². The highest BCUT2D eigenvalue weighted by Gasteiger charge is 2.21. The van der Waals surface area contributed by atoms with Crippen LogP contribution in [0.3, 0.4) is 0 Å². The molecule has 0 amide bonds. The van der Waals surface area contributed by atoms with Crippen LogP contribution in [0, 0.1) is 5.92 Å². The molecule has 2 nitrogen and oxygen atoms in total. The SMILES string of the molecule is O=C(OC[SiH3])C1CCCCC1. The number of esters is 1. The Morgan fingerprint density at radius 1 is 1.36 bits per heavy atom. The maximum atomic E-state index is 11.2. The maximum Gasteiger partial charge on any atom is 0.308 e. The van der Waals surface area contributed by atoms with Crippen molar-refractivity contribution in [3.05, 3.63) is 0 Å². The third-order valence-corrected chi connectivity index (χ3v) is 2.51. The van der Waals surface area contributed by atoms with Gasteiger partial charge >= 0.3 is 5.97 Å². The lowest BCUT2D eigenvalue weighted by atomic mass is 9.89. The topological polar surface area (TPSA) is 26.3 Å². The molecule has 0 N–H and O–H groups in total. The van der Waals surface area contributed by atoms with Crippen LogP contribution in [-0.2, 0) is 9.53 Å². The van der Waals surface area contributed by atoms with Gasteiger partial charge in [-0.15, -0.1) is 0 Å². The second-order valence-corrected chi connectivity index (χ2v) is 3.66. The first-order chi connectivity index (χ1) is 5.34. The van der Waals surface area contributed by atoms with Crippen LogP contribution in [0.2, 0.25) is 0 Å². The summed E-state index contributed by atoms with van der Waals surface area (Å²) in [6.45, 7) is 0. The number of ether oxygens (including phenoxy) is 1. The lowest BCUT2D eigenvalue weighted by molar-refractivity contribution is -0.147. The molecule has 64 valence electrons. The van der Waals surface area contributed by atoms with E-state index in [1.807, 2.05) is 0 Å². The fourth-order valence-electron chi connectivity index (χ4n) is 1.60. The summed E-state index contributed by atoms with van der Waals surface area (Å²) in [7, 11) is 0.964. The Balaban J connectivity index is 2.27. The van der Waals surface area contributed by atoms with Crippen LogP contribution in [0.1, 0.15) is 32.1 Å². The van der Waals surface area contributed by atoms with Gasteiger partial charge in [0.05, 0.1) is 22.4 Å². The molecular weight excluding hydrogens is 156 g/mol. The van der Waals surface area contributed by atoms with Crippen molar-refractivity contribution in [2.45, 2.75) is 32.1 Å². The Labute approximate surface area is 70.7 Å². The van der Waals surface area contributed by atoms with E-state index < -0.39 is 0 Å². The van der Waals surface area contributed by atoms with E-state index in [1.165, 1.54) is 19.3 Å². The quantitative estimate of drug-likeness (QED) is 0.446. The number of carbonyl (C=O) groups excluding carboxylic acids is 1. The summed E-state index contributed by atoms with van der Waals surface area (Å²) in [5, 5.41) is 0. The summed E-state index contributed by atoms with van der Waals surface area (Å²) >= 11 is 0. The molecule has 0 aromatic heterocycles. The van der Waals surface area contributed by atoms with E-state index in [-0.39, 0.29) is 11.9 Å². The normalized spacial score (nSPS) is 20.0. The smallest absolute Gasteiger partial charge is 0.308 e. The maximum absolute atomic E-state index is 11.2. The average Bonchev–Trinajstić information content (AvgIpc) is 2.07. The highest BCUT2D eigenvalue weighted by atomic mass is 28.1. The fraction of sp³-hybridized carbons (Fsp3) is 0.875. The van der Waals surface area contributed by atoms with Gasteiger partial charge in [0.15, 0.2) is 0 Å². The molecule has 1 fully saturated rings. The lowest BCUT2D eigenvalue weighted by Crippen LogP contribution is -2.20. The standard InChI is InChI=1S/C8H16O2Si/c9-8(10-6-11)7-4-2-1-3-5-7/h7H,1-6H2,11H3. The molecule has 0 spiro atoms. The Kier molecular flexibility index (Phi) is 3.63. The molecule has 1 aliphatic rings. The van der Waals surface area contributed by atoms with Crippen molar-refractivity contribution >= 4 is 16.2 Å². The molecule has 3 heteroatoms. The minimum absolute atomic E-state index is 0.0553. The van der Waals surface area contributed by atoms with Crippen LogP contribution in [0.4, 0.5) is 0 Å². The van der Waals surface area contributed by atoms with Gasteiger partial charge in [0, 0.05) is 0 Å². The first kappa shape index (κ1) is 8.78. The van der Waals surface area contributed by atoms with Crippen molar-refractivity contribution in [3.8, 4) is 0 Å². The van der Waals surface area contributed by atoms with E-state index >= 15 is 0 Å². The highest BCUT2D eigenvalue weighted by Crippen LogP contribution is 2.24. The van der Waals surface area contributed by atoms with Crippen molar-refractivity contribution in [1.29, 1.82) is 0 Å². The van der Waals surface area contributed by atoms with Gasteiger partial charge in [0.1, 0.15) is 0 Å². The summed E-state index contributed by atoms with van der Waals surface area (Å²) in [5.41, 5.74) is 0. The van der Waals surface area contributed by atoms with Crippen molar-refractivity contribution in [2.24, 2.45) is 5.92 Å². The van der Waals surface area contributed by atoms with Crippen LogP contribution in [0.5, 0.6) is 0 Å². The number of hydrogen-bond donors (Lipinski definition) is 0. The molecule has 0 atom stereocenters. The second-order valence-electron chi connectivity index (χ2n) is 3.09. The summed E-state index contributed by atoms with van der Waals surface area (Å²) in [6.07, 6.45) is 6.49. The van der Waals surface area contributed by atoms with Gasteiger partial charge in [-0.2, -0.15) is 0 Å². The van der Waals surface area contributed by atoms with E-state index in [9.17, 15) is 4.79 Å². The number of rotatable bonds is 2. The third kappa shape index (κ3) is 2.65. The van der Waals surface area contributed by atoms with Gasteiger partial charge in [-0.25, -0.2) is 0 Å². The van der Waals surface area contributed by atoms with Crippen LogP contribution in [-0.4, -0.2) is 22.4 Å². The van der Waals surface area contributed by atoms with Gasteiger partial charge in [-0.05, 0) is 12.8 Å². The van der Waals surface area contributed by atoms with Crippen molar-refractivity contribution < 1.29 is 9.53 Å². The summed E-state index contributed by atoms with van der Waals surface area (Å²) in [5.74, 6) is 0.289. The van der Waals surface area contributed by atoms with Crippen molar-refractivity contribution in [2.75, 3.05) is 6.23 Å². The minimum Gasteiger partial charge on any atom is -0.470 e. The zero-order valence-electron chi connectivity index (χ0n) is 7.14. The van der Waals surface area contributed by atoms with Crippen LogP contribution in [0.25, 0.3) is 0 Å². The molecule has 0 aromatic rings. The zero-order chi connectivity index (χ0) is 8.10. The Morgan fingerprint density at radius 2 is 2.00 bits per heavy atom. The molecule has 0 saturated heterocycles. The first-order valence-corrected chi connectivity index (χ1v) is 5.92. The molecule has 1 rings (SSSR count). The van der Waals surface area contributed by atoms with Crippen molar-refractivity contribution in [1.82, 2.24) is 0 Å². The summed E-state index contributed by atoms with van der Waals surface area (Å²) in [6, 6.07) is 0. The average molecular weight is 172 g/mol. The first-order valence-electron chi connectivity index (χ1n) is 4.51. The molecule has 0 unspecified atom stereocenters. The van der Waals surface area contributed by atoms with E-state index in [0.29, 0.717) is 6.23 Å². The van der Waals surface area contributed by atoms with E-state index in [0.717, 1.165) is 23.1 Å². The van der Waals surface area contributed by atoms with E-state index in [2.05, 4.69) is 0 Å². The molecule has 11 heavy (non-hydrogen) atoms. The number of hydrogen-bond acceptors (Lipinski definition) is 2. The van der Waals surface area contributed by atoms with Crippen molar-refractivity contribution in [3.63, 3.8) is 0 Å². The monoisotopic (exact) mass is 172 g/mol. The molecule has 1 saturated carbocycles. The Morgan fingerprint density at radius 3 is 2.55 bits per heavy atom. The highest BCUT2D eigenvalue weighted by molar-refractivity contribution is 6.08. The van der Waals surface area contributed by atoms with Crippen LogP contribution >= 0.6 is 0 Å². The van der Waals surface area contributed by atoms with Gasteiger partial charge in [-0.1, -0.05) is 19.3 Å². The van der Waals surface area contributed by atoms with Crippen LogP contribution in [0.15, 0.2) is 0 Å². The molecule has 0 bridgehead atoms. The zero-order valence-corrected chi connectivity index (χ0v) is 9.14.